The molecule has 1 saturated carbocycles. The molecule has 0 radical (unpaired) electrons. The normalized spacial score (nSPS) is 19.0. The second-order valence-corrected chi connectivity index (χ2v) is 3.87. The molecule has 1 atom stereocenters. The summed E-state index contributed by atoms with van der Waals surface area (Å²) < 4.78 is 2.03. The van der Waals surface area contributed by atoms with E-state index in [1.807, 2.05) is 11.6 Å². The monoisotopic (exact) mass is 179 g/mol. The average Bonchev–Trinajstić information content (AvgIpc) is 2.84. The van der Waals surface area contributed by atoms with Gasteiger partial charge in [-0.25, -0.2) is 0 Å². The average molecular weight is 179 g/mol. The van der Waals surface area contributed by atoms with Crippen LogP contribution >= 0.6 is 0 Å². The molecular formula is C10H17N3. The van der Waals surface area contributed by atoms with Crippen LogP contribution in [0.2, 0.25) is 0 Å². The van der Waals surface area contributed by atoms with E-state index in [1.165, 1.54) is 24.2 Å². The number of nitrogens with two attached hydrogens (primary N) is 1. The summed E-state index contributed by atoms with van der Waals surface area (Å²) in [4.78, 5) is 0. The fourth-order valence-corrected chi connectivity index (χ4v) is 1.65. The van der Waals surface area contributed by atoms with Crippen molar-refractivity contribution < 1.29 is 0 Å². The van der Waals surface area contributed by atoms with E-state index in [1.54, 1.807) is 0 Å². The number of hydrogen-bond acceptors (Lipinski definition) is 2. The predicted octanol–water partition coefficient (Wildman–Crippen LogP) is 1.80. The Morgan fingerprint density at radius 3 is 2.77 bits per heavy atom. The molecule has 1 aliphatic rings. The largest absolute Gasteiger partial charge is 0.323 e. The Kier molecular flexibility index (Phi) is 2.12. The Morgan fingerprint density at radius 1 is 1.69 bits per heavy atom. The van der Waals surface area contributed by atoms with Crippen molar-refractivity contribution in [1.82, 2.24) is 9.78 Å². The van der Waals surface area contributed by atoms with Gasteiger partial charge in [0.25, 0.3) is 0 Å². The molecule has 0 saturated heterocycles. The molecule has 3 nitrogen and oxygen atoms in total. The highest BCUT2D eigenvalue weighted by atomic mass is 15.3. The summed E-state index contributed by atoms with van der Waals surface area (Å²) in [5, 5.41) is 4.55. The maximum absolute atomic E-state index is 5.86. The van der Waals surface area contributed by atoms with Gasteiger partial charge in [0, 0.05) is 18.5 Å². The third-order valence-corrected chi connectivity index (χ3v) is 2.59. The molecule has 13 heavy (non-hydrogen) atoms. The third kappa shape index (κ3) is 1.61. The number of aryl methyl sites for hydroxylation is 1. The van der Waals surface area contributed by atoms with Gasteiger partial charge in [-0.3, -0.25) is 4.68 Å². The van der Waals surface area contributed by atoms with Crippen LogP contribution in [0, 0.1) is 0 Å². The molecule has 0 aliphatic heterocycles. The SMILES string of the molecule is CCn1nc(C2CC2)cc1C(C)N. The molecule has 2 N–H and O–H groups in total. The van der Waals surface area contributed by atoms with E-state index < -0.39 is 0 Å². The van der Waals surface area contributed by atoms with Gasteiger partial charge in [-0.1, -0.05) is 0 Å². The molecule has 3 heteroatoms. The highest BCUT2D eigenvalue weighted by molar-refractivity contribution is 5.20. The minimum atomic E-state index is 0.0972. The molecule has 0 spiro atoms. The summed E-state index contributed by atoms with van der Waals surface area (Å²) in [6, 6.07) is 2.27. The molecule has 72 valence electrons. The van der Waals surface area contributed by atoms with Crippen LogP contribution in [-0.4, -0.2) is 9.78 Å². The van der Waals surface area contributed by atoms with Gasteiger partial charge in [0.15, 0.2) is 0 Å². The Morgan fingerprint density at radius 2 is 2.38 bits per heavy atom. The first-order valence-corrected chi connectivity index (χ1v) is 5.05. The van der Waals surface area contributed by atoms with Crippen molar-refractivity contribution in [3.05, 3.63) is 17.5 Å². The van der Waals surface area contributed by atoms with E-state index in [-0.39, 0.29) is 6.04 Å². The van der Waals surface area contributed by atoms with Crippen LogP contribution in [0.25, 0.3) is 0 Å². The molecule has 1 unspecified atom stereocenters. The summed E-state index contributed by atoms with van der Waals surface area (Å²) in [7, 11) is 0. The standard InChI is InChI=1S/C10H17N3/c1-3-13-10(7(2)11)6-9(12-13)8-4-5-8/h6-8H,3-5,11H2,1-2H3. The van der Waals surface area contributed by atoms with Crippen LogP contribution in [0.4, 0.5) is 0 Å². The third-order valence-electron chi connectivity index (χ3n) is 2.59. The Balaban J connectivity index is 2.30. The highest BCUT2D eigenvalue weighted by Gasteiger charge is 2.27. The maximum Gasteiger partial charge on any atom is 0.0659 e. The van der Waals surface area contributed by atoms with Crippen molar-refractivity contribution in [1.29, 1.82) is 0 Å². The Bertz CT molecular complexity index is 297. The first kappa shape index (κ1) is 8.75. The van der Waals surface area contributed by atoms with Crippen molar-refractivity contribution >= 4 is 0 Å². The predicted molar refractivity (Wildman–Crippen MR) is 52.5 cm³/mol. The Labute approximate surface area is 78.9 Å². The molecule has 0 aromatic carbocycles. The van der Waals surface area contributed by atoms with E-state index in [4.69, 9.17) is 5.73 Å². The molecular weight excluding hydrogens is 162 g/mol. The summed E-state index contributed by atoms with van der Waals surface area (Å²) in [5.74, 6) is 0.727. The van der Waals surface area contributed by atoms with E-state index in [2.05, 4.69) is 18.1 Å². The second-order valence-electron chi connectivity index (χ2n) is 3.87. The van der Waals surface area contributed by atoms with Gasteiger partial charge >= 0.3 is 0 Å². The van der Waals surface area contributed by atoms with Gasteiger partial charge in [-0.15, -0.1) is 0 Å². The van der Waals surface area contributed by atoms with Gasteiger partial charge in [0.1, 0.15) is 0 Å². The summed E-state index contributed by atoms with van der Waals surface area (Å²) in [6.07, 6.45) is 2.61. The van der Waals surface area contributed by atoms with E-state index in [0.29, 0.717) is 0 Å². The van der Waals surface area contributed by atoms with Crippen molar-refractivity contribution in [2.45, 2.75) is 45.2 Å². The molecule has 1 aliphatic carbocycles. The van der Waals surface area contributed by atoms with Crippen LogP contribution in [0.1, 0.15) is 50.0 Å². The lowest BCUT2D eigenvalue weighted by Gasteiger charge is -2.06. The van der Waals surface area contributed by atoms with Gasteiger partial charge in [0.2, 0.25) is 0 Å². The number of nitrogens with zero attached hydrogens (tertiary/aromatic N) is 2. The summed E-state index contributed by atoms with van der Waals surface area (Å²) in [5.41, 5.74) is 8.28. The van der Waals surface area contributed by atoms with E-state index in [0.717, 1.165) is 12.5 Å². The molecule has 1 aromatic rings. The molecule has 2 rings (SSSR count). The van der Waals surface area contributed by atoms with Crippen molar-refractivity contribution in [3.63, 3.8) is 0 Å². The second kappa shape index (κ2) is 3.14. The van der Waals surface area contributed by atoms with Crippen LogP contribution in [0.15, 0.2) is 6.07 Å². The number of hydrogen-bond donors (Lipinski definition) is 1. The van der Waals surface area contributed by atoms with Gasteiger partial charge in [-0.05, 0) is 32.8 Å². The zero-order valence-corrected chi connectivity index (χ0v) is 8.33. The fourth-order valence-electron chi connectivity index (χ4n) is 1.65. The lowest BCUT2D eigenvalue weighted by Crippen LogP contribution is -2.12. The molecule has 1 heterocycles. The quantitative estimate of drug-likeness (QED) is 0.769. The fraction of sp³-hybridized carbons (Fsp3) is 0.700. The summed E-state index contributed by atoms with van der Waals surface area (Å²) in [6.45, 7) is 5.04. The zero-order valence-electron chi connectivity index (χ0n) is 8.33. The minimum absolute atomic E-state index is 0.0972. The molecule has 0 bridgehead atoms. The smallest absolute Gasteiger partial charge is 0.0659 e. The summed E-state index contributed by atoms with van der Waals surface area (Å²) >= 11 is 0. The molecule has 0 amide bonds. The van der Waals surface area contributed by atoms with Crippen LogP contribution in [0.3, 0.4) is 0 Å². The zero-order chi connectivity index (χ0) is 9.42. The van der Waals surface area contributed by atoms with Crippen molar-refractivity contribution in [3.8, 4) is 0 Å². The van der Waals surface area contributed by atoms with E-state index in [9.17, 15) is 0 Å². The molecule has 1 fully saturated rings. The topological polar surface area (TPSA) is 43.8 Å². The lowest BCUT2D eigenvalue weighted by molar-refractivity contribution is 0.584. The van der Waals surface area contributed by atoms with Gasteiger partial charge < -0.3 is 5.73 Å². The number of aromatic nitrogens is 2. The maximum atomic E-state index is 5.86. The van der Waals surface area contributed by atoms with Crippen LogP contribution < -0.4 is 5.73 Å². The number of rotatable bonds is 3. The minimum Gasteiger partial charge on any atom is -0.323 e. The van der Waals surface area contributed by atoms with Gasteiger partial charge in [-0.2, -0.15) is 5.10 Å². The Hall–Kier alpha value is -0.830. The lowest BCUT2D eigenvalue weighted by atomic mass is 10.2. The van der Waals surface area contributed by atoms with Crippen LogP contribution in [0.5, 0.6) is 0 Å². The highest BCUT2D eigenvalue weighted by Crippen LogP contribution is 2.39. The van der Waals surface area contributed by atoms with Crippen molar-refractivity contribution in [2.24, 2.45) is 5.73 Å². The van der Waals surface area contributed by atoms with E-state index >= 15 is 0 Å². The van der Waals surface area contributed by atoms with Gasteiger partial charge in [0.05, 0.1) is 11.4 Å². The first-order chi connectivity index (χ1) is 6.22. The van der Waals surface area contributed by atoms with Crippen LogP contribution in [-0.2, 0) is 6.54 Å². The molecule has 1 aromatic heterocycles. The first-order valence-electron chi connectivity index (χ1n) is 5.05. The van der Waals surface area contributed by atoms with Crippen molar-refractivity contribution in [2.75, 3.05) is 0 Å².